The van der Waals surface area contributed by atoms with Gasteiger partial charge in [0.05, 0.1) is 6.42 Å². The number of ether oxygens (including phenoxy) is 1. The van der Waals surface area contributed by atoms with Gasteiger partial charge in [-0.3, -0.25) is 9.59 Å². The SMILES string of the molecule is NC(=O)C[C@@H](NC(=O)Oc1ccccc1)C(=O)Nc1ccc2c(c1)oc1ccccc12. The number of carbonyl (C=O) groups is 3. The summed E-state index contributed by atoms with van der Waals surface area (Å²) in [5.41, 5.74) is 7.03. The van der Waals surface area contributed by atoms with Crippen molar-refractivity contribution >= 4 is 45.5 Å². The maximum Gasteiger partial charge on any atom is 0.413 e. The fraction of sp³-hybridized carbons (Fsp3) is 0.0870. The molecular weight excluding hydrogens is 398 g/mol. The van der Waals surface area contributed by atoms with Gasteiger partial charge in [-0.15, -0.1) is 0 Å². The van der Waals surface area contributed by atoms with Crippen LogP contribution in [0.2, 0.25) is 0 Å². The van der Waals surface area contributed by atoms with Gasteiger partial charge < -0.3 is 25.5 Å². The maximum atomic E-state index is 12.7. The highest BCUT2D eigenvalue weighted by molar-refractivity contribution is 6.07. The third-order valence-corrected chi connectivity index (χ3v) is 4.61. The summed E-state index contributed by atoms with van der Waals surface area (Å²) >= 11 is 0. The topological polar surface area (TPSA) is 124 Å². The summed E-state index contributed by atoms with van der Waals surface area (Å²) in [6.45, 7) is 0. The molecule has 8 nitrogen and oxygen atoms in total. The predicted octanol–water partition coefficient (Wildman–Crippen LogP) is 3.56. The second-order valence-corrected chi connectivity index (χ2v) is 6.87. The predicted molar refractivity (Wildman–Crippen MR) is 116 cm³/mol. The van der Waals surface area contributed by atoms with Crippen molar-refractivity contribution in [2.45, 2.75) is 12.5 Å². The molecule has 0 aliphatic heterocycles. The van der Waals surface area contributed by atoms with Gasteiger partial charge in [-0.25, -0.2) is 4.79 Å². The lowest BCUT2D eigenvalue weighted by molar-refractivity contribution is -0.123. The lowest BCUT2D eigenvalue weighted by atomic mass is 10.1. The van der Waals surface area contributed by atoms with E-state index < -0.39 is 23.9 Å². The summed E-state index contributed by atoms with van der Waals surface area (Å²) in [5, 5.41) is 6.93. The Labute approximate surface area is 177 Å². The molecule has 31 heavy (non-hydrogen) atoms. The minimum atomic E-state index is -1.21. The van der Waals surface area contributed by atoms with E-state index in [1.165, 1.54) is 0 Å². The first-order valence-electron chi connectivity index (χ1n) is 9.53. The molecule has 3 aromatic carbocycles. The smallest absolute Gasteiger partial charge is 0.413 e. The van der Waals surface area contributed by atoms with E-state index in [4.69, 9.17) is 14.9 Å². The Kier molecular flexibility index (Phi) is 5.53. The Hall–Kier alpha value is -4.33. The molecule has 3 amide bonds. The first-order valence-corrected chi connectivity index (χ1v) is 9.53. The quantitative estimate of drug-likeness (QED) is 0.443. The molecule has 0 fully saturated rings. The van der Waals surface area contributed by atoms with Gasteiger partial charge in [0, 0.05) is 22.5 Å². The van der Waals surface area contributed by atoms with Crippen LogP contribution in [0.1, 0.15) is 6.42 Å². The van der Waals surface area contributed by atoms with Crippen LogP contribution in [0.5, 0.6) is 5.75 Å². The standard InChI is InChI=1S/C23H19N3O5/c24-21(27)13-18(26-23(29)30-15-6-2-1-3-7-15)22(28)25-14-10-11-17-16-8-4-5-9-19(16)31-20(17)12-14/h1-12,18H,13H2,(H2,24,27)(H,25,28)(H,26,29)/t18-/m1/s1. The summed E-state index contributed by atoms with van der Waals surface area (Å²) in [7, 11) is 0. The van der Waals surface area contributed by atoms with Crippen LogP contribution in [0.25, 0.3) is 21.9 Å². The van der Waals surface area contributed by atoms with Gasteiger partial charge in [-0.1, -0.05) is 36.4 Å². The lowest BCUT2D eigenvalue weighted by Crippen LogP contribution is -2.47. The minimum absolute atomic E-state index is 0.300. The van der Waals surface area contributed by atoms with E-state index in [0.717, 1.165) is 16.4 Å². The molecule has 0 radical (unpaired) electrons. The highest BCUT2D eigenvalue weighted by Gasteiger charge is 2.24. The van der Waals surface area contributed by atoms with E-state index in [2.05, 4.69) is 10.6 Å². The molecule has 4 N–H and O–H groups in total. The van der Waals surface area contributed by atoms with Crippen LogP contribution in [0.4, 0.5) is 10.5 Å². The van der Waals surface area contributed by atoms with E-state index in [1.807, 2.05) is 30.3 Å². The first-order chi connectivity index (χ1) is 15.0. The highest BCUT2D eigenvalue weighted by Crippen LogP contribution is 2.30. The average molecular weight is 417 g/mol. The number of hydrogen-bond donors (Lipinski definition) is 3. The van der Waals surface area contributed by atoms with Gasteiger partial charge in [-0.2, -0.15) is 0 Å². The van der Waals surface area contributed by atoms with Gasteiger partial charge in [0.2, 0.25) is 11.8 Å². The van der Waals surface area contributed by atoms with Gasteiger partial charge in [0.15, 0.2) is 0 Å². The van der Waals surface area contributed by atoms with Crippen molar-refractivity contribution in [2.75, 3.05) is 5.32 Å². The third kappa shape index (κ3) is 4.64. The van der Waals surface area contributed by atoms with Crippen molar-refractivity contribution < 1.29 is 23.5 Å². The van der Waals surface area contributed by atoms with Gasteiger partial charge in [-0.05, 0) is 30.3 Å². The third-order valence-electron chi connectivity index (χ3n) is 4.61. The number of benzene rings is 3. The van der Waals surface area contributed by atoms with Gasteiger partial charge in [0.25, 0.3) is 0 Å². The van der Waals surface area contributed by atoms with Crippen molar-refractivity contribution in [1.29, 1.82) is 0 Å². The van der Waals surface area contributed by atoms with E-state index in [9.17, 15) is 14.4 Å². The molecule has 0 bridgehead atoms. The number of primary amides is 1. The van der Waals surface area contributed by atoms with Crippen molar-refractivity contribution in [3.05, 3.63) is 72.8 Å². The molecule has 8 heteroatoms. The normalized spacial score (nSPS) is 11.7. The molecule has 4 aromatic rings. The number of carbonyl (C=O) groups excluding carboxylic acids is 3. The molecule has 0 unspecified atom stereocenters. The molecule has 0 spiro atoms. The van der Waals surface area contributed by atoms with Crippen molar-refractivity contribution in [2.24, 2.45) is 5.73 Å². The number of amides is 3. The fourth-order valence-electron chi connectivity index (χ4n) is 3.21. The summed E-state index contributed by atoms with van der Waals surface area (Å²) in [4.78, 5) is 36.3. The molecule has 1 atom stereocenters. The Morgan fingerprint density at radius 3 is 2.39 bits per heavy atom. The molecule has 0 saturated carbocycles. The number of furan rings is 1. The van der Waals surface area contributed by atoms with Crippen molar-refractivity contribution in [3.8, 4) is 5.75 Å². The monoisotopic (exact) mass is 417 g/mol. The summed E-state index contributed by atoms with van der Waals surface area (Å²) in [6, 6.07) is 20.0. The number of nitrogens with two attached hydrogens (primary N) is 1. The van der Waals surface area contributed by atoms with E-state index >= 15 is 0 Å². The first kappa shape index (κ1) is 20.0. The fourth-order valence-corrected chi connectivity index (χ4v) is 3.21. The van der Waals surface area contributed by atoms with Crippen LogP contribution in [-0.4, -0.2) is 23.9 Å². The molecule has 0 saturated heterocycles. The molecule has 1 heterocycles. The molecule has 0 aliphatic carbocycles. The van der Waals surface area contributed by atoms with Crippen molar-refractivity contribution in [1.82, 2.24) is 5.32 Å². The molecule has 1 aromatic heterocycles. The zero-order valence-electron chi connectivity index (χ0n) is 16.3. The number of nitrogens with one attached hydrogen (secondary N) is 2. The number of para-hydroxylation sites is 2. The molecule has 156 valence electrons. The lowest BCUT2D eigenvalue weighted by Gasteiger charge is -2.17. The molecule has 4 rings (SSSR count). The Balaban J connectivity index is 1.49. The number of rotatable bonds is 6. The van der Waals surface area contributed by atoms with Gasteiger partial charge in [0.1, 0.15) is 23.0 Å². The Morgan fingerprint density at radius 1 is 0.903 bits per heavy atom. The largest absolute Gasteiger partial charge is 0.456 e. The minimum Gasteiger partial charge on any atom is -0.456 e. The summed E-state index contributed by atoms with van der Waals surface area (Å²) in [5.74, 6) is -1.05. The zero-order chi connectivity index (χ0) is 21.8. The Morgan fingerprint density at radius 2 is 1.61 bits per heavy atom. The summed E-state index contributed by atoms with van der Waals surface area (Å²) in [6.07, 6.45) is -1.26. The van der Waals surface area contributed by atoms with E-state index in [-0.39, 0.29) is 6.42 Å². The van der Waals surface area contributed by atoms with Crippen LogP contribution in [0.3, 0.4) is 0 Å². The van der Waals surface area contributed by atoms with Crippen LogP contribution >= 0.6 is 0 Å². The van der Waals surface area contributed by atoms with Gasteiger partial charge >= 0.3 is 6.09 Å². The van der Waals surface area contributed by atoms with E-state index in [1.54, 1.807) is 42.5 Å². The van der Waals surface area contributed by atoms with E-state index in [0.29, 0.717) is 17.0 Å². The second-order valence-electron chi connectivity index (χ2n) is 6.87. The maximum absolute atomic E-state index is 12.7. The van der Waals surface area contributed by atoms with Crippen LogP contribution in [0, 0.1) is 0 Å². The van der Waals surface area contributed by atoms with Crippen LogP contribution in [-0.2, 0) is 9.59 Å². The second kappa shape index (κ2) is 8.58. The van der Waals surface area contributed by atoms with Crippen LogP contribution < -0.4 is 21.1 Å². The zero-order valence-corrected chi connectivity index (χ0v) is 16.3. The highest BCUT2D eigenvalue weighted by atomic mass is 16.6. The average Bonchev–Trinajstić information content (AvgIpc) is 3.11. The van der Waals surface area contributed by atoms with Crippen LogP contribution in [0.15, 0.2) is 77.2 Å². The van der Waals surface area contributed by atoms with Crippen molar-refractivity contribution in [3.63, 3.8) is 0 Å². The molecule has 0 aliphatic rings. The number of hydrogen-bond acceptors (Lipinski definition) is 5. The Bertz CT molecular complexity index is 1270. The number of anilines is 1. The number of fused-ring (bicyclic) bond motifs is 3. The summed E-state index contributed by atoms with van der Waals surface area (Å²) < 4.78 is 10.9. The molecular formula is C23H19N3O5.